The largest absolute Gasteiger partial charge is 0.481 e. The van der Waals surface area contributed by atoms with E-state index in [1.54, 1.807) is 18.2 Å². The highest BCUT2D eigenvalue weighted by Crippen LogP contribution is 2.34. The normalized spacial score (nSPS) is 11.8. The molecule has 0 spiro atoms. The number of ether oxygens (including phenoxy) is 3. The Morgan fingerprint density at radius 3 is 2.84 bits per heavy atom. The van der Waals surface area contributed by atoms with Crippen molar-refractivity contribution in [1.82, 2.24) is 24.0 Å². The summed E-state index contributed by atoms with van der Waals surface area (Å²) in [6.45, 7) is 0.331. The van der Waals surface area contributed by atoms with Crippen LogP contribution in [0.25, 0.3) is 11.2 Å². The van der Waals surface area contributed by atoms with E-state index >= 15 is 0 Å². The van der Waals surface area contributed by atoms with Crippen molar-refractivity contribution in [1.29, 1.82) is 0 Å². The maximum absolute atomic E-state index is 12.4. The van der Waals surface area contributed by atoms with Gasteiger partial charge < -0.3 is 24.1 Å². The monoisotopic (exact) mass is 425 g/mol. The van der Waals surface area contributed by atoms with Crippen molar-refractivity contribution in [3.8, 4) is 29.1 Å². The van der Waals surface area contributed by atoms with Crippen molar-refractivity contribution in [3.05, 3.63) is 45.4 Å². The third kappa shape index (κ3) is 3.95. The van der Waals surface area contributed by atoms with E-state index in [0.29, 0.717) is 17.2 Å². The van der Waals surface area contributed by atoms with Crippen LogP contribution < -0.4 is 30.8 Å². The number of carbonyl (C=O) groups is 1. The van der Waals surface area contributed by atoms with Crippen LogP contribution in [0.15, 0.2) is 34.1 Å². The molecule has 3 heterocycles. The van der Waals surface area contributed by atoms with Gasteiger partial charge in [0, 0.05) is 20.2 Å². The van der Waals surface area contributed by atoms with Crippen LogP contribution in [0.4, 0.5) is 0 Å². The molecule has 1 N–H and O–H groups in total. The summed E-state index contributed by atoms with van der Waals surface area (Å²) in [4.78, 5) is 40.6. The Balaban J connectivity index is 1.31. The summed E-state index contributed by atoms with van der Waals surface area (Å²) < 4.78 is 19.7. The lowest BCUT2D eigenvalue weighted by Crippen LogP contribution is -2.38. The van der Waals surface area contributed by atoms with Gasteiger partial charge in [-0.25, -0.2) is 9.78 Å². The van der Waals surface area contributed by atoms with Crippen LogP contribution in [0.2, 0.25) is 0 Å². The molecule has 0 aliphatic carbocycles. The molecule has 2 aromatic heterocycles. The lowest BCUT2D eigenvalue weighted by Gasteiger charge is -2.06. The first kappa shape index (κ1) is 20.1. The molecule has 0 unspecified atom stereocenters. The molecule has 4 rings (SSSR count). The summed E-state index contributed by atoms with van der Waals surface area (Å²) in [5, 5.41) is 2.65. The quantitative estimate of drug-likeness (QED) is 0.540. The minimum absolute atomic E-state index is 0.118. The number of imidazole rings is 1. The van der Waals surface area contributed by atoms with Crippen molar-refractivity contribution < 1.29 is 19.0 Å². The van der Waals surface area contributed by atoms with Crippen LogP contribution in [-0.2, 0) is 25.4 Å². The zero-order chi connectivity index (χ0) is 22.0. The molecule has 1 amide bonds. The first-order chi connectivity index (χ1) is 15.0. The molecule has 0 saturated heterocycles. The Morgan fingerprint density at radius 2 is 2.00 bits per heavy atom. The minimum atomic E-state index is -0.510. The van der Waals surface area contributed by atoms with Gasteiger partial charge in [-0.05, 0) is 12.1 Å². The Bertz CT molecular complexity index is 1340. The number of aromatic nitrogens is 4. The number of hydrogen-bond acceptors (Lipinski definition) is 7. The standard InChI is InChI=1S/C20H19N5O6/c1-23-18-17(19(27)24(2)20(23)28)25(11-22-18)10-16(26)21-7-3-4-8-29-13-5-6-14-15(9-13)31-12-30-14/h5-6,9,11H,7-8,10,12H2,1-2H3,(H,21,26). The predicted octanol–water partition coefficient (Wildman–Crippen LogP) is -0.639. The van der Waals surface area contributed by atoms with Gasteiger partial charge in [0.1, 0.15) is 18.9 Å². The van der Waals surface area contributed by atoms with Gasteiger partial charge in [-0.15, -0.1) is 0 Å². The molecular weight excluding hydrogens is 406 g/mol. The molecular formula is C20H19N5O6. The van der Waals surface area contributed by atoms with Crippen molar-refractivity contribution >= 4 is 17.1 Å². The molecule has 0 radical (unpaired) electrons. The lowest BCUT2D eigenvalue weighted by molar-refractivity contribution is -0.121. The average molecular weight is 425 g/mol. The van der Waals surface area contributed by atoms with Gasteiger partial charge in [0.25, 0.3) is 5.56 Å². The molecule has 31 heavy (non-hydrogen) atoms. The maximum atomic E-state index is 12.4. The molecule has 1 aliphatic rings. The second-order valence-electron chi connectivity index (χ2n) is 6.68. The number of nitrogens with zero attached hydrogens (tertiary/aromatic N) is 4. The minimum Gasteiger partial charge on any atom is -0.481 e. The van der Waals surface area contributed by atoms with E-state index < -0.39 is 11.2 Å². The van der Waals surface area contributed by atoms with E-state index in [9.17, 15) is 14.4 Å². The molecule has 1 aromatic carbocycles. The molecule has 11 nitrogen and oxygen atoms in total. The molecule has 0 fully saturated rings. The number of rotatable bonds is 5. The molecule has 1 aliphatic heterocycles. The number of amides is 1. The van der Waals surface area contributed by atoms with Gasteiger partial charge in [0.05, 0.1) is 12.9 Å². The number of carbonyl (C=O) groups excluding carboxylic acids is 1. The Labute approximate surface area is 175 Å². The molecule has 11 heteroatoms. The SMILES string of the molecule is Cn1c(=O)c2c(ncn2CC(=O)NCC#CCOc2ccc3c(c2)OCO3)n(C)c1=O. The van der Waals surface area contributed by atoms with Crippen LogP contribution in [-0.4, -0.2) is 44.5 Å². The van der Waals surface area contributed by atoms with E-state index in [2.05, 4.69) is 22.1 Å². The Hall–Kier alpha value is -4.20. The lowest BCUT2D eigenvalue weighted by atomic mass is 10.3. The summed E-state index contributed by atoms with van der Waals surface area (Å²) in [6.07, 6.45) is 1.36. The van der Waals surface area contributed by atoms with E-state index in [1.165, 1.54) is 29.6 Å². The summed E-state index contributed by atoms with van der Waals surface area (Å²) in [7, 11) is 2.89. The number of aryl methyl sites for hydroxylation is 1. The van der Waals surface area contributed by atoms with Crippen molar-refractivity contribution in [2.45, 2.75) is 6.54 Å². The van der Waals surface area contributed by atoms with E-state index in [1.807, 2.05) is 0 Å². The maximum Gasteiger partial charge on any atom is 0.332 e. The van der Waals surface area contributed by atoms with Crippen LogP contribution in [0.5, 0.6) is 17.2 Å². The van der Waals surface area contributed by atoms with Gasteiger partial charge in [0.2, 0.25) is 12.7 Å². The highest BCUT2D eigenvalue weighted by atomic mass is 16.7. The van der Waals surface area contributed by atoms with Crippen LogP contribution in [0.1, 0.15) is 0 Å². The van der Waals surface area contributed by atoms with Crippen molar-refractivity contribution in [2.24, 2.45) is 14.1 Å². The third-order valence-electron chi connectivity index (χ3n) is 4.69. The summed E-state index contributed by atoms with van der Waals surface area (Å²) in [5.74, 6) is 7.15. The molecule has 3 aromatic rings. The zero-order valence-electron chi connectivity index (χ0n) is 16.9. The van der Waals surface area contributed by atoms with E-state index in [0.717, 1.165) is 4.57 Å². The fourth-order valence-electron chi connectivity index (χ4n) is 3.07. The van der Waals surface area contributed by atoms with Crippen LogP contribution in [0, 0.1) is 11.8 Å². The van der Waals surface area contributed by atoms with Gasteiger partial charge in [-0.3, -0.25) is 18.7 Å². The number of fused-ring (bicyclic) bond motifs is 2. The summed E-state index contributed by atoms with van der Waals surface area (Å²) in [5.41, 5.74) is -0.585. The average Bonchev–Trinajstić information content (AvgIpc) is 3.40. The molecule has 0 bridgehead atoms. The van der Waals surface area contributed by atoms with Crippen molar-refractivity contribution in [2.75, 3.05) is 19.9 Å². The zero-order valence-corrected chi connectivity index (χ0v) is 16.9. The number of hydrogen-bond donors (Lipinski definition) is 1. The Morgan fingerprint density at radius 1 is 1.19 bits per heavy atom. The highest BCUT2D eigenvalue weighted by molar-refractivity contribution is 5.79. The van der Waals surface area contributed by atoms with Crippen molar-refractivity contribution in [3.63, 3.8) is 0 Å². The number of nitrogens with one attached hydrogen (secondary N) is 1. The second-order valence-corrected chi connectivity index (χ2v) is 6.68. The first-order valence-electron chi connectivity index (χ1n) is 9.31. The van der Waals surface area contributed by atoms with Gasteiger partial charge >= 0.3 is 5.69 Å². The summed E-state index contributed by atoms with van der Waals surface area (Å²) >= 11 is 0. The number of benzene rings is 1. The topological polar surface area (TPSA) is 119 Å². The van der Waals surface area contributed by atoms with Gasteiger partial charge in [0.15, 0.2) is 22.7 Å². The van der Waals surface area contributed by atoms with Gasteiger partial charge in [-0.2, -0.15) is 0 Å². The predicted molar refractivity (Wildman–Crippen MR) is 109 cm³/mol. The fraction of sp³-hybridized carbons (Fsp3) is 0.300. The van der Waals surface area contributed by atoms with E-state index in [4.69, 9.17) is 14.2 Å². The van der Waals surface area contributed by atoms with E-state index in [-0.39, 0.29) is 43.6 Å². The van der Waals surface area contributed by atoms with Crippen LogP contribution in [0.3, 0.4) is 0 Å². The highest BCUT2D eigenvalue weighted by Gasteiger charge is 2.16. The third-order valence-corrected chi connectivity index (χ3v) is 4.69. The second kappa shape index (κ2) is 8.27. The fourth-order valence-corrected chi connectivity index (χ4v) is 3.07. The first-order valence-corrected chi connectivity index (χ1v) is 9.31. The molecule has 0 atom stereocenters. The van der Waals surface area contributed by atoms with Gasteiger partial charge in [-0.1, -0.05) is 11.8 Å². The smallest absolute Gasteiger partial charge is 0.332 e. The Kier molecular flexibility index (Phi) is 5.36. The molecule has 160 valence electrons. The summed E-state index contributed by atoms with van der Waals surface area (Å²) in [6, 6.07) is 5.24. The van der Waals surface area contributed by atoms with Crippen LogP contribution >= 0.6 is 0 Å². The molecule has 0 saturated carbocycles.